The zero-order valence-electron chi connectivity index (χ0n) is 12.2. The number of rotatable bonds is 2. The van der Waals surface area contributed by atoms with Crippen molar-refractivity contribution < 1.29 is 4.79 Å². The van der Waals surface area contributed by atoms with Gasteiger partial charge in [-0.15, -0.1) is 11.3 Å². The largest absolute Gasteiger partial charge is 0.397 e. The van der Waals surface area contributed by atoms with E-state index < -0.39 is 0 Å². The number of anilines is 2. The number of hydrogen-bond acceptors (Lipinski definition) is 4. The summed E-state index contributed by atoms with van der Waals surface area (Å²) in [7, 11) is 0. The molecule has 1 amide bonds. The summed E-state index contributed by atoms with van der Waals surface area (Å²) in [5.74, 6) is -0.229. The molecule has 1 aromatic carbocycles. The van der Waals surface area contributed by atoms with Crippen LogP contribution in [0, 0.1) is 0 Å². The molecule has 0 bridgehead atoms. The van der Waals surface area contributed by atoms with Crippen LogP contribution in [0.4, 0.5) is 11.4 Å². The van der Waals surface area contributed by atoms with Crippen LogP contribution in [0.5, 0.6) is 0 Å². The lowest BCUT2D eigenvalue weighted by Gasteiger charge is -2.04. The average Bonchev–Trinajstić information content (AvgIpc) is 3.10. The number of amides is 1. The molecule has 0 fully saturated rings. The normalized spacial score (nSPS) is 13.3. The van der Waals surface area contributed by atoms with Crippen molar-refractivity contribution in [3.05, 3.63) is 51.5 Å². The third-order valence-corrected chi connectivity index (χ3v) is 5.39. The van der Waals surface area contributed by atoms with Gasteiger partial charge in [-0.3, -0.25) is 4.79 Å². The number of carbonyl (C=O) groups is 1. The van der Waals surface area contributed by atoms with Gasteiger partial charge in [0.25, 0.3) is 5.91 Å². The van der Waals surface area contributed by atoms with Crippen LogP contribution in [0.1, 0.15) is 27.3 Å². The Morgan fingerprint density at radius 3 is 3.00 bits per heavy atom. The van der Waals surface area contributed by atoms with Gasteiger partial charge in [0.05, 0.1) is 5.69 Å². The average molecular weight is 344 g/mol. The van der Waals surface area contributed by atoms with Gasteiger partial charge >= 0.3 is 0 Å². The van der Waals surface area contributed by atoms with Crippen molar-refractivity contribution in [3.8, 4) is 0 Å². The SMILES string of the molecule is Nc1c(C(=O)Nc2cccc(Cl)c2)sc2nc3c(cc12)CCC3. The second kappa shape index (κ2) is 5.51. The molecular weight excluding hydrogens is 330 g/mol. The number of nitrogen functional groups attached to an aromatic ring is 1. The number of pyridine rings is 1. The van der Waals surface area contributed by atoms with Crippen LogP contribution in [0.25, 0.3) is 10.2 Å². The summed E-state index contributed by atoms with van der Waals surface area (Å²) < 4.78 is 0. The number of aryl methyl sites for hydroxylation is 2. The molecule has 0 aliphatic heterocycles. The number of carbonyl (C=O) groups excluding carboxylic acids is 1. The molecule has 1 aliphatic rings. The zero-order chi connectivity index (χ0) is 16.0. The Kier molecular flexibility index (Phi) is 3.47. The zero-order valence-corrected chi connectivity index (χ0v) is 13.8. The van der Waals surface area contributed by atoms with E-state index in [0.29, 0.717) is 21.3 Å². The molecule has 1 aliphatic carbocycles. The molecule has 2 aromatic heterocycles. The number of nitrogens with one attached hydrogen (secondary N) is 1. The third-order valence-electron chi connectivity index (χ3n) is 4.04. The summed E-state index contributed by atoms with van der Waals surface area (Å²) in [6, 6.07) is 9.14. The lowest BCUT2D eigenvalue weighted by Crippen LogP contribution is -2.11. The van der Waals surface area contributed by atoms with Crippen LogP contribution < -0.4 is 11.1 Å². The highest BCUT2D eigenvalue weighted by atomic mass is 35.5. The number of hydrogen-bond donors (Lipinski definition) is 2. The van der Waals surface area contributed by atoms with Gasteiger partial charge in [-0.25, -0.2) is 4.98 Å². The van der Waals surface area contributed by atoms with Crippen molar-refractivity contribution >= 4 is 50.4 Å². The number of nitrogens with zero attached hydrogens (tertiary/aromatic N) is 1. The summed E-state index contributed by atoms with van der Waals surface area (Å²) in [6.07, 6.45) is 3.19. The van der Waals surface area contributed by atoms with Gasteiger partial charge in [0.1, 0.15) is 9.71 Å². The summed E-state index contributed by atoms with van der Waals surface area (Å²) in [5, 5.41) is 4.29. The lowest BCUT2D eigenvalue weighted by molar-refractivity contribution is 0.103. The fourth-order valence-electron chi connectivity index (χ4n) is 2.92. The Morgan fingerprint density at radius 1 is 1.30 bits per heavy atom. The Hall–Kier alpha value is -2.11. The van der Waals surface area contributed by atoms with Crippen LogP contribution >= 0.6 is 22.9 Å². The number of thiophene rings is 1. The minimum absolute atomic E-state index is 0.229. The van der Waals surface area contributed by atoms with E-state index in [2.05, 4.69) is 16.4 Å². The second-order valence-corrected chi connectivity index (χ2v) is 7.05. The molecule has 2 heterocycles. The predicted octanol–water partition coefficient (Wildman–Crippen LogP) is 4.27. The summed E-state index contributed by atoms with van der Waals surface area (Å²) in [4.78, 5) is 18.5. The molecule has 4 nitrogen and oxygen atoms in total. The monoisotopic (exact) mass is 343 g/mol. The molecule has 0 unspecified atom stereocenters. The van der Waals surface area contributed by atoms with E-state index in [-0.39, 0.29) is 5.91 Å². The maximum Gasteiger partial charge on any atom is 0.267 e. The molecule has 23 heavy (non-hydrogen) atoms. The molecule has 3 aromatic rings. The molecule has 0 radical (unpaired) electrons. The topological polar surface area (TPSA) is 68.0 Å². The van der Waals surface area contributed by atoms with Crippen LogP contribution in [0.15, 0.2) is 30.3 Å². The van der Waals surface area contributed by atoms with Gasteiger partial charge in [0.2, 0.25) is 0 Å². The van der Waals surface area contributed by atoms with Gasteiger partial charge in [-0.2, -0.15) is 0 Å². The third kappa shape index (κ3) is 2.56. The molecule has 0 spiro atoms. The van der Waals surface area contributed by atoms with E-state index in [9.17, 15) is 4.79 Å². The Morgan fingerprint density at radius 2 is 2.17 bits per heavy atom. The van der Waals surface area contributed by atoms with Crippen molar-refractivity contribution in [1.29, 1.82) is 0 Å². The number of benzene rings is 1. The van der Waals surface area contributed by atoms with Crippen LogP contribution in [0.3, 0.4) is 0 Å². The maximum atomic E-state index is 12.5. The van der Waals surface area contributed by atoms with E-state index in [0.717, 1.165) is 35.2 Å². The van der Waals surface area contributed by atoms with E-state index in [4.69, 9.17) is 17.3 Å². The molecule has 3 N–H and O–H groups in total. The van der Waals surface area contributed by atoms with Crippen LogP contribution in [-0.2, 0) is 12.8 Å². The van der Waals surface area contributed by atoms with Gasteiger partial charge in [0.15, 0.2) is 0 Å². The highest BCUT2D eigenvalue weighted by Crippen LogP contribution is 2.36. The first-order valence-electron chi connectivity index (χ1n) is 7.39. The Balaban J connectivity index is 1.71. The molecule has 0 atom stereocenters. The van der Waals surface area contributed by atoms with Crippen molar-refractivity contribution in [3.63, 3.8) is 0 Å². The van der Waals surface area contributed by atoms with Gasteiger partial charge in [-0.05, 0) is 49.1 Å². The van der Waals surface area contributed by atoms with E-state index in [1.807, 2.05) is 0 Å². The lowest BCUT2D eigenvalue weighted by atomic mass is 10.1. The summed E-state index contributed by atoms with van der Waals surface area (Å²) in [6.45, 7) is 0. The standard InChI is InChI=1S/C17H14ClN3OS/c18-10-4-2-5-11(8-10)20-16(22)15-14(19)12-7-9-3-1-6-13(9)21-17(12)23-15/h2,4-5,7-8H,1,3,6,19H2,(H,20,22). The van der Waals surface area contributed by atoms with Crippen molar-refractivity contribution in [2.45, 2.75) is 19.3 Å². The van der Waals surface area contributed by atoms with E-state index >= 15 is 0 Å². The van der Waals surface area contributed by atoms with Crippen molar-refractivity contribution in [2.75, 3.05) is 11.1 Å². The molecule has 116 valence electrons. The van der Waals surface area contributed by atoms with E-state index in [1.165, 1.54) is 16.9 Å². The van der Waals surface area contributed by atoms with Crippen molar-refractivity contribution in [2.24, 2.45) is 0 Å². The molecular formula is C17H14ClN3OS. The minimum Gasteiger partial charge on any atom is -0.397 e. The predicted molar refractivity (Wildman–Crippen MR) is 95.5 cm³/mol. The Bertz CT molecular complexity index is 935. The number of aromatic nitrogens is 1. The second-order valence-electron chi connectivity index (χ2n) is 5.61. The maximum absolute atomic E-state index is 12.5. The van der Waals surface area contributed by atoms with Gasteiger partial charge < -0.3 is 11.1 Å². The molecule has 0 saturated carbocycles. The van der Waals surface area contributed by atoms with Crippen molar-refractivity contribution in [1.82, 2.24) is 4.98 Å². The number of halogens is 1. The Labute approximate surface area is 142 Å². The summed E-state index contributed by atoms with van der Waals surface area (Å²) in [5.41, 5.74) is 9.75. The fourth-order valence-corrected chi connectivity index (χ4v) is 4.10. The number of nitrogens with two attached hydrogens (primary N) is 1. The highest BCUT2D eigenvalue weighted by molar-refractivity contribution is 7.21. The molecule has 4 rings (SSSR count). The first-order valence-corrected chi connectivity index (χ1v) is 8.59. The number of fused-ring (bicyclic) bond motifs is 2. The fraction of sp³-hybridized carbons (Fsp3) is 0.176. The van der Waals surface area contributed by atoms with Gasteiger partial charge in [-0.1, -0.05) is 17.7 Å². The smallest absolute Gasteiger partial charge is 0.267 e. The highest BCUT2D eigenvalue weighted by Gasteiger charge is 2.21. The molecule has 0 saturated heterocycles. The van der Waals surface area contributed by atoms with E-state index in [1.54, 1.807) is 24.3 Å². The summed E-state index contributed by atoms with van der Waals surface area (Å²) >= 11 is 7.28. The molecule has 6 heteroatoms. The quantitative estimate of drug-likeness (QED) is 0.730. The van der Waals surface area contributed by atoms with Crippen LogP contribution in [0.2, 0.25) is 5.02 Å². The first-order chi connectivity index (χ1) is 11.1. The van der Waals surface area contributed by atoms with Crippen LogP contribution in [-0.4, -0.2) is 10.9 Å². The van der Waals surface area contributed by atoms with Gasteiger partial charge in [0, 0.05) is 21.8 Å². The first kappa shape index (κ1) is 14.5. The minimum atomic E-state index is -0.229.